The second kappa shape index (κ2) is 39.4. The average molecular weight is 823 g/mol. The highest BCUT2D eigenvalue weighted by Crippen LogP contribution is 2.43. The van der Waals surface area contributed by atoms with Gasteiger partial charge < -0.3 is 19.8 Å². The van der Waals surface area contributed by atoms with Crippen LogP contribution in [0, 0.1) is 0 Å². The van der Waals surface area contributed by atoms with Crippen molar-refractivity contribution in [3.05, 3.63) is 24.3 Å². The molecule has 8 nitrogen and oxygen atoms in total. The van der Waals surface area contributed by atoms with Gasteiger partial charge in [0.1, 0.15) is 13.2 Å². The Morgan fingerprint density at radius 2 is 1.02 bits per heavy atom. The monoisotopic (exact) mass is 823 g/mol. The summed E-state index contributed by atoms with van der Waals surface area (Å²) in [6.45, 7) is -9.09. The average Bonchev–Trinajstić information content (AvgIpc) is 3.21. The fraction of sp³-hybridized carbons (Fsp3) is 0.894. The number of phosphoric ester groups is 1. The number of quaternary nitrogens is 1. The van der Waals surface area contributed by atoms with Crippen LogP contribution in [0.1, 0.15) is 232 Å². The molecule has 0 fully saturated rings. The van der Waals surface area contributed by atoms with Crippen molar-refractivity contribution in [1.82, 2.24) is 5.32 Å². The molecule has 0 aromatic heterocycles. The molecular formula is C47H94N2O6P+. The summed E-state index contributed by atoms with van der Waals surface area (Å²) < 4.78 is 90.1. The van der Waals surface area contributed by atoms with Crippen LogP contribution in [-0.2, 0) is 18.4 Å². The molecule has 56 heavy (non-hydrogen) atoms. The molecule has 0 saturated carbocycles. The lowest BCUT2D eigenvalue weighted by atomic mass is 10.0. The first-order chi connectivity index (χ1) is 30.8. The van der Waals surface area contributed by atoms with Crippen LogP contribution in [0.4, 0.5) is 0 Å². The number of nitrogens with one attached hydrogen (secondary N) is 1. The Kier molecular flexibility index (Phi) is 28.4. The van der Waals surface area contributed by atoms with E-state index < -0.39 is 65.1 Å². The van der Waals surface area contributed by atoms with Gasteiger partial charge in [0.05, 0.1) is 52.0 Å². The van der Waals surface area contributed by atoms with Crippen LogP contribution in [0.25, 0.3) is 0 Å². The van der Waals surface area contributed by atoms with Gasteiger partial charge >= 0.3 is 7.82 Å². The molecule has 3 N–H and O–H groups in total. The van der Waals surface area contributed by atoms with Crippen molar-refractivity contribution in [1.29, 1.82) is 0 Å². The molecular weight excluding hydrogens is 719 g/mol. The molecule has 9 heteroatoms. The van der Waals surface area contributed by atoms with E-state index in [4.69, 9.17) is 21.4 Å². The Morgan fingerprint density at radius 1 is 0.625 bits per heavy atom. The first-order valence-corrected chi connectivity index (χ1v) is 24.5. The molecule has 0 aromatic rings. The molecule has 0 bridgehead atoms. The van der Waals surface area contributed by atoms with Gasteiger partial charge in [0, 0.05) is 6.42 Å². The maximum absolute atomic E-state index is 13.0. The standard InChI is InChI=1S/C47H93N2O6P/c1-6-8-10-12-14-16-18-20-21-22-23-24-25-26-27-29-31-33-35-37-39-41-47(51)48-45(44-55-56(52,53)54-43-42-49(3,4)5)46(50)40-38-36-34-32-30-28-19-17-15-13-11-9-7-2/h20-21,38,40,45-46,50H,6-19,22-37,39,41-44H2,1-5H3,(H-,48,51,52,53)/p+1/b21-20-,40-38+/t45-,46+/m0/s1/i3D3,4D3,5D3. The predicted molar refractivity (Wildman–Crippen MR) is 240 cm³/mol. The number of hydrogen-bond donors (Lipinski definition) is 3. The Hall–Kier alpha value is -1.02. The third kappa shape index (κ3) is 41.2. The van der Waals surface area contributed by atoms with Gasteiger partial charge in [0.25, 0.3) is 0 Å². The van der Waals surface area contributed by atoms with Gasteiger partial charge in [-0.1, -0.05) is 192 Å². The summed E-state index contributed by atoms with van der Waals surface area (Å²) in [7, 11) is -5.04. The maximum atomic E-state index is 13.0. The number of phosphoric acid groups is 1. The van der Waals surface area contributed by atoms with E-state index >= 15 is 0 Å². The van der Waals surface area contributed by atoms with Gasteiger partial charge in [-0.2, -0.15) is 0 Å². The van der Waals surface area contributed by atoms with E-state index in [2.05, 4.69) is 31.3 Å². The minimum Gasteiger partial charge on any atom is -0.387 e. The summed E-state index contributed by atoms with van der Waals surface area (Å²) in [6, 6.07) is -1.14. The highest BCUT2D eigenvalue weighted by molar-refractivity contribution is 7.47. The number of aliphatic hydroxyl groups excluding tert-OH is 1. The second-order valence-corrected chi connectivity index (χ2v) is 17.5. The summed E-state index contributed by atoms with van der Waals surface area (Å²) in [6.07, 6.45) is 43.7. The predicted octanol–water partition coefficient (Wildman–Crippen LogP) is 13.3. The smallest absolute Gasteiger partial charge is 0.387 e. The number of hydrogen-bond acceptors (Lipinski definition) is 5. The van der Waals surface area contributed by atoms with Gasteiger partial charge in [-0.3, -0.25) is 13.8 Å². The number of unbranched alkanes of at least 4 members (excludes halogenated alkanes) is 28. The zero-order valence-corrected chi connectivity index (χ0v) is 37.0. The molecule has 0 heterocycles. The summed E-state index contributed by atoms with van der Waals surface area (Å²) in [5.41, 5.74) is 0. The number of carbonyl (C=O) groups is 1. The van der Waals surface area contributed by atoms with Crippen LogP contribution in [-0.4, -0.2) is 73.2 Å². The summed E-state index contributed by atoms with van der Waals surface area (Å²) >= 11 is 0. The molecule has 332 valence electrons. The molecule has 1 amide bonds. The number of amides is 1. The molecule has 3 atom stereocenters. The van der Waals surface area contributed by atoms with Crippen molar-refractivity contribution in [3.8, 4) is 0 Å². The third-order valence-corrected chi connectivity index (χ3v) is 11.3. The zero-order chi connectivity index (χ0) is 48.9. The quantitative estimate of drug-likeness (QED) is 0.0245. The highest BCUT2D eigenvalue weighted by Gasteiger charge is 2.27. The fourth-order valence-electron chi connectivity index (χ4n) is 6.72. The lowest BCUT2D eigenvalue weighted by molar-refractivity contribution is -0.870. The molecule has 0 aliphatic rings. The van der Waals surface area contributed by atoms with E-state index in [9.17, 15) is 19.4 Å². The minimum atomic E-state index is -5.04. The maximum Gasteiger partial charge on any atom is 0.472 e. The van der Waals surface area contributed by atoms with Crippen molar-refractivity contribution in [2.45, 2.75) is 231 Å². The van der Waals surface area contributed by atoms with Crippen molar-refractivity contribution in [2.75, 3.05) is 40.7 Å². The second-order valence-electron chi connectivity index (χ2n) is 16.0. The van der Waals surface area contributed by atoms with Crippen LogP contribution < -0.4 is 5.32 Å². The molecule has 0 saturated heterocycles. The van der Waals surface area contributed by atoms with Crippen LogP contribution >= 0.6 is 7.82 Å². The number of allylic oxidation sites excluding steroid dienone is 3. The summed E-state index contributed by atoms with van der Waals surface area (Å²) in [5.74, 6) is -0.367. The highest BCUT2D eigenvalue weighted by atomic mass is 31.2. The molecule has 0 spiro atoms. The fourth-order valence-corrected chi connectivity index (χ4v) is 7.46. The Bertz CT molecular complexity index is 1230. The lowest BCUT2D eigenvalue weighted by Crippen LogP contribution is -2.45. The molecule has 0 aromatic carbocycles. The topological polar surface area (TPSA) is 105 Å². The number of rotatable bonds is 43. The van der Waals surface area contributed by atoms with E-state index in [1.165, 1.54) is 147 Å². The molecule has 1 unspecified atom stereocenters. The van der Waals surface area contributed by atoms with Crippen molar-refractivity contribution >= 4 is 13.7 Å². The van der Waals surface area contributed by atoms with Crippen LogP contribution in [0.15, 0.2) is 24.3 Å². The van der Waals surface area contributed by atoms with E-state index in [0.29, 0.717) is 12.8 Å². The van der Waals surface area contributed by atoms with E-state index in [-0.39, 0.29) is 12.3 Å². The largest absolute Gasteiger partial charge is 0.472 e. The SMILES string of the molecule is [2H]C([2H])([2H])[N+](CCOP(=O)(O)OC[C@H](NC(=O)CCCCCCCCCCCCC/C=C\CCCCCCCC)[C@H](O)/C=C/CCCCCCCCCCCCC)(C([2H])([2H])[2H])C([2H])([2H])[2H]. The molecule has 0 rings (SSSR count). The first-order valence-electron chi connectivity index (χ1n) is 27.5. The van der Waals surface area contributed by atoms with Crippen LogP contribution in [0.2, 0.25) is 0 Å². The Morgan fingerprint density at radius 3 is 1.45 bits per heavy atom. The molecule has 0 aliphatic carbocycles. The van der Waals surface area contributed by atoms with Gasteiger partial charge in [0.15, 0.2) is 0 Å². The lowest BCUT2D eigenvalue weighted by Gasteiger charge is -2.25. The van der Waals surface area contributed by atoms with Gasteiger partial charge in [-0.25, -0.2) is 4.57 Å². The van der Waals surface area contributed by atoms with E-state index in [0.717, 1.165) is 44.9 Å². The third-order valence-electron chi connectivity index (χ3n) is 10.3. The van der Waals surface area contributed by atoms with E-state index in [1.807, 2.05) is 0 Å². The number of likely N-dealkylation sites (N-methyl/N-ethyl adjacent to an activating group) is 1. The number of nitrogens with zero attached hydrogens (tertiary/aromatic N) is 1. The minimum absolute atomic E-state index is 0.187. The van der Waals surface area contributed by atoms with Crippen molar-refractivity contribution < 1.29 is 45.2 Å². The normalized spacial score (nSPS) is 17.5. The Balaban J connectivity index is 4.88. The number of aliphatic hydroxyl groups is 1. The van der Waals surface area contributed by atoms with Crippen LogP contribution in [0.3, 0.4) is 0 Å². The van der Waals surface area contributed by atoms with Crippen molar-refractivity contribution in [3.63, 3.8) is 0 Å². The van der Waals surface area contributed by atoms with Gasteiger partial charge in [-0.15, -0.1) is 0 Å². The molecule has 0 aliphatic heterocycles. The zero-order valence-electron chi connectivity index (χ0n) is 45.1. The number of carbonyl (C=O) groups excluding carboxylic acids is 1. The summed E-state index contributed by atoms with van der Waals surface area (Å²) in [4.78, 5) is 23.4. The first kappa shape index (κ1) is 40.4. The van der Waals surface area contributed by atoms with E-state index in [1.54, 1.807) is 6.08 Å². The van der Waals surface area contributed by atoms with Crippen molar-refractivity contribution in [2.24, 2.45) is 0 Å². The van der Waals surface area contributed by atoms with Gasteiger partial charge in [0.2, 0.25) is 5.91 Å². The van der Waals surface area contributed by atoms with Crippen LogP contribution in [0.5, 0.6) is 0 Å². The van der Waals surface area contributed by atoms with Gasteiger partial charge in [-0.05, 0) is 44.9 Å². The molecule has 0 radical (unpaired) electrons. The Labute approximate surface area is 360 Å². The summed E-state index contributed by atoms with van der Waals surface area (Å²) in [5, 5.41) is 13.7.